The van der Waals surface area contributed by atoms with Gasteiger partial charge in [-0.1, -0.05) is 66.7 Å². The molecule has 0 radical (unpaired) electrons. The second-order valence-corrected chi connectivity index (χ2v) is 6.43. The highest BCUT2D eigenvalue weighted by Crippen LogP contribution is 2.40. The zero-order valence-corrected chi connectivity index (χ0v) is 14.3. The molecule has 0 saturated carbocycles. The van der Waals surface area contributed by atoms with E-state index in [-0.39, 0.29) is 5.78 Å². The van der Waals surface area contributed by atoms with Crippen LogP contribution in [-0.4, -0.2) is 10.4 Å². The highest BCUT2D eigenvalue weighted by molar-refractivity contribution is 6.12. The number of nitrogens with zero attached hydrogens (tertiary/aromatic N) is 2. The molecular formula is C23H14N2O2. The van der Waals surface area contributed by atoms with Crippen LogP contribution in [0.2, 0.25) is 0 Å². The van der Waals surface area contributed by atoms with Gasteiger partial charge in [0.1, 0.15) is 23.2 Å². The largest absolute Gasteiger partial charge is 0.475 e. The molecule has 0 amide bonds. The molecule has 0 aliphatic carbocycles. The number of aromatic nitrogens is 1. The summed E-state index contributed by atoms with van der Waals surface area (Å²) in [5.74, 6) is 0.422. The Morgan fingerprint density at radius 3 is 2.30 bits per heavy atom. The summed E-state index contributed by atoms with van der Waals surface area (Å²) in [7, 11) is 0. The van der Waals surface area contributed by atoms with E-state index in [1.807, 2.05) is 78.9 Å². The van der Waals surface area contributed by atoms with Gasteiger partial charge in [0.15, 0.2) is 6.10 Å². The third kappa shape index (κ3) is 2.19. The summed E-state index contributed by atoms with van der Waals surface area (Å²) in [5.41, 5.74) is 2.42. The number of para-hydroxylation sites is 2. The molecule has 1 aromatic heterocycles. The van der Waals surface area contributed by atoms with Crippen LogP contribution < -0.4 is 4.74 Å². The van der Waals surface area contributed by atoms with E-state index >= 15 is 0 Å². The van der Waals surface area contributed by atoms with Crippen molar-refractivity contribution in [2.75, 3.05) is 0 Å². The SMILES string of the molecule is N#Cc1c2ccccc2c2n1-c1ccccc1OC(c1ccccc1)C2=O. The molecule has 4 nitrogen and oxygen atoms in total. The average Bonchev–Trinajstić information content (AvgIpc) is 3.00. The van der Waals surface area contributed by atoms with Crippen LogP contribution in [0.1, 0.15) is 27.8 Å². The number of hydrogen-bond acceptors (Lipinski definition) is 3. The number of fused-ring (bicyclic) bond motifs is 5. The zero-order valence-electron chi connectivity index (χ0n) is 14.3. The standard InChI is InChI=1S/C23H14N2O2/c24-14-19-16-10-4-5-11-17(16)21-22(26)23(15-8-2-1-3-9-15)27-20-13-7-6-12-18(20)25(19)21/h1-13,23H. The number of hydrogen-bond donors (Lipinski definition) is 0. The monoisotopic (exact) mass is 350 g/mol. The van der Waals surface area contributed by atoms with Crippen LogP contribution in [0.5, 0.6) is 5.75 Å². The summed E-state index contributed by atoms with van der Waals surface area (Å²) in [6.07, 6.45) is -0.765. The lowest BCUT2D eigenvalue weighted by Crippen LogP contribution is -2.19. The fraction of sp³-hybridized carbons (Fsp3) is 0.0435. The Labute approximate surface area is 155 Å². The molecule has 3 aromatic carbocycles. The summed E-state index contributed by atoms with van der Waals surface area (Å²) in [4.78, 5) is 13.6. The second kappa shape index (κ2) is 5.86. The molecule has 0 bridgehead atoms. The second-order valence-electron chi connectivity index (χ2n) is 6.43. The molecule has 0 N–H and O–H groups in total. The van der Waals surface area contributed by atoms with Gasteiger partial charge in [0.05, 0.1) is 5.69 Å². The number of ether oxygens (including phenoxy) is 1. The molecule has 0 spiro atoms. The number of carbonyl (C=O) groups is 1. The fourth-order valence-corrected chi connectivity index (χ4v) is 3.74. The van der Waals surface area contributed by atoms with Gasteiger partial charge in [0.2, 0.25) is 5.78 Å². The Bertz CT molecular complexity index is 1230. The van der Waals surface area contributed by atoms with Crippen molar-refractivity contribution in [2.45, 2.75) is 6.10 Å². The third-order valence-electron chi connectivity index (χ3n) is 4.92. The van der Waals surface area contributed by atoms with Gasteiger partial charge in [-0.25, -0.2) is 0 Å². The maximum Gasteiger partial charge on any atom is 0.225 e. The Morgan fingerprint density at radius 2 is 1.52 bits per heavy atom. The molecule has 0 saturated heterocycles. The van der Waals surface area contributed by atoms with Gasteiger partial charge >= 0.3 is 0 Å². The topological polar surface area (TPSA) is 55.0 Å². The third-order valence-corrected chi connectivity index (χ3v) is 4.92. The van der Waals surface area contributed by atoms with Gasteiger partial charge in [-0.15, -0.1) is 0 Å². The predicted molar refractivity (Wildman–Crippen MR) is 102 cm³/mol. The molecule has 1 aliphatic heterocycles. The van der Waals surface area contributed by atoms with E-state index in [0.29, 0.717) is 22.8 Å². The van der Waals surface area contributed by atoms with Gasteiger partial charge in [0.25, 0.3) is 0 Å². The van der Waals surface area contributed by atoms with Crippen LogP contribution in [0, 0.1) is 11.3 Å². The maximum atomic E-state index is 13.6. The van der Waals surface area contributed by atoms with Crippen LogP contribution in [0.3, 0.4) is 0 Å². The summed E-state index contributed by atoms with van der Waals surface area (Å²) in [6.45, 7) is 0. The molecule has 1 atom stereocenters. The molecule has 1 aliphatic rings. The summed E-state index contributed by atoms with van der Waals surface area (Å²) in [5, 5.41) is 11.4. The van der Waals surface area contributed by atoms with Crippen LogP contribution in [0.15, 0.2) is 78.9 Å². The minimum absolute atomic E-state index is 0.157. The lowest BCUT2D eigenvalue weighted by molar-refractivity contribution is 0.0797. The van der Waals surface area contributed by atoms with Crippen molar-refractivity contribution in [1.29, 1.82) is 5.26 Å². The number of benzene rings is 3. The Kier molecular flexibility index (Phi) is 3.34. The zero-order chi connectivity index (χ0) is 18.4. The Hall–Kier alpha value is -3.84. The van der Waals surface area contributed by atoms with Gasteiger partial charge < -0.3 is 4.74 Å². The molecule has 1 unspecified atom stereocenters. The number of ketones is 1. The predicted octanol–water partition coefficient (Wildman–Crippen LogP) is 4.82. The van der Waals surface area contributed by atoms with Crippen molar-refractivity contribution in [3.63, 3.8) is 0 Å². The lowest BCUT2D eigenvalue weighted by Gasteiger charge is -2.16. The van der Waals surface area contributed by atoms with Gasteiger partial charge in [-0.3, -0.25) is 9.36 Å². The number of rotatable bonds is 1. The van der Waals surface area contributed by atoms with Crippen molar-refractivity contribution in [1.82, 2.24) is 4.57 Å². The molecule has 0 fully saturated rings. The van der Waals surface area contributed by atoms with Crippen LogP contribution in [0.25, 0.3) is 16.5 Å². The van der Waals surface area contributed by atoms with Crippen LogP contribution >= 0.6 is 0 Å². The number of carbonyl (C=O) groups excluding carboxylic acids is 1. The van der Waals surface area contributed by atoms with Crippen molar-refractivity contribution in [3.8, 4) is 17.5 Å². The van der Waals surface area contributed by atoms with E-state index in [9.17, 15) is 10.1 Å². The molecule has 4 aromatic rings. The van der Waals surface area contributed by atoms with E-state index in [1.165, 1.54) is 0 Å². The van der Waals surface area contributed by atoms with Gasteiger partial charge in [0, 0.05) is 16.3 Å². The molecule has 2 heterocycles. The minimum atomic E-state index is -0.765. The average molecular weight is 350 g/mol. The van der Waals surface area contributed by atoms with Crippen molar-refractivity contribution in [2.24, 2.45) is 0 Å². The Morgan fingerprint density at radius 1 is 0.852 bits per heavy atom. The molecule has 4 heteroatoms. The first-order chi connectivity index (χ1) is 13.3. The van der Waals surface area contributed by atoms with Gasteiger partial charge in [-0.2, -0.15) is 5.26 Å². The molecule has 5 rings (SSSR count). The van der Waals surface area contributed by atoms with E-state index in [4.69, 9.17) is 4.74 Å². The summed E-state index contributed by atoms with van der Waals surface area (Å²) >= 11 is 0. The normalized spacial score (nSPS) is 15.4. The quantitative estimate of drug-likeness (QED) is 0.495. The van der Waals surface area contributed by atoms with Crippen molar-refractivity contribution < 1.29 is 9.53 Å². The van der Waals surface area contributed by atoms with E-state index < -0.39 is 6.10 Å². The minimum Gasteiger partial charge on any atom is -0.475 e. The highest BCUT2D eigenvalue weighted by Gasteiger charge is 2.35. The van der Waals surface area contributed by atoms with Crippen LogP contribution in [-0.2, 0) is 0 Å². The molecule has 27 heavy (non-hydrogen) atoms. The maximum absolute atomic E-state index is 13.6. The lowest BCUT2D eigenvalue weighted by atomic mass is 10.0. The first-order valence-corrected chi connectivity index (χ1v) is 8.68. The number of nitriles is 1. The smallest absolute Gasteiger partial charge is 0.225 e. The highest BCUT2D eigenvalue weighted by atomic mass is 16.5. The summed E-state index contributed by atoms with van der Waals surface area (Å²) in [6, 6.07) is 26.7. The Balaban J connectivity index is 1.90. The summed E-state index contributed by atoms with van der Waals surface area (Å²) < 4.78 is 7.91. The first kappa shape index (κ1) is 15.4. The van der Waals surface area contributed by atoms with Crippen LogP contribution in [0.4, 0.5) is 0 Å². The molecule has 128 valence electrons. The fourth-order valence-electron chi connectivity index (χ4n) is 3.74. The van der Waals surface area contributed by atoms with E-state index in [2.05, 4.69) is 6.07 Å². The van der Waals surface area contributed by atoms with E-state index in [0.717, 1.165) is 16.3 Å². The first-order valence-electron chi connectivity index (χ1n) is 8.68. The molecular weight excluding hydrogens is 336 g/mol. The van der Waals surface area contributed by atoms with Gasteiger partial charge in [-0.05, 0) is 12.1 Å². The van der Waals surface area contributed by atoms with Crippen molar-refractivity contribution >= 4 is 16.6 Å². The van der Waals surface area contributed by atoms with E-state index in [1.54, 1.807) is 4.57 Å². The number of Topliss-reactive ketones (excluding diaryl/α,β-unsaturated/α-hetero) is 1. The van der Waals surface area contributed by atoms with Crippen molar-refractivity contribution in [3.05, 3.63) is 95.8 Å².